The molecule has 9 rings (SSSR count). The molecule has 65 heavy (non-hydrogen) atoms. The molecule has 3 aromatic carbocycles. The van der Waals surface area contributed by atoms with E-state index in [-0.39, 0.29) is 60.0 Å². The van der Waals surface area contributed by atoms with Crippen LogP contribution in [0, 0.1) is 11.8 Å². The summed E-state index contributed by atoms with van der Waals surface area (Å²) in [6, 6.07) is 12.6. The summed E-state index contributed by atoms with van der Waals surface area (Å²) >= 11 is 0. The summed E-state index contributed by atoms with van der Waals surface area (Å²) in [5, 5.41) is 7.62. The van der Waals surface area contributed by atoms with Gasteiger partial charge in [0.1, 0.15) is 36.1 Å². The van der Waals surface area contributed by atoms with Crippen molar-refractivity contribution in [3.63, 3.8) is 0 Å². The lowest BCUT2D eigenvalue weighted by atomic mass is 9.85. The number of hydrogen-bond acceptors (Lipinski definition) is 10. The first kappa shape index (κ1) is 44.1. The van der Waals surface area contributed by atoms with Crippen molar-refractivity contribution in [2.75, 3.05) is 14.2 Å². The van der Waals surface area contributed by atoms with Gasteiger partial charge in [-0.05, 0) is 124 Å². The number of nitrogens with zero attached hydrogens (tertiary/aromatic N) is 4. The number of benzene rings is 3. The van der Waals surface area contributed by atoms with Crippen LogP contribution in [-0.2, 0) is 30.4 Å². The van der Waals surface area contributed by atoms with E-state index in [1.165, 1.54) is 14.2 Å². The minimum absolute atomic E-state index is 0.0292. The predicted molar refractivity (Wildman–Crippen MR) is 244 cm³/mol. The highest BCUT2D eigenvalue weighted by atomic mass is 16.5. The topological polar surface area (TPSA) is 193 Å². The van der Waals surface area contributed by atoms with Crippen LogP contribution in [0.2, 0.25) is 0 Å². The van der Waals surface area contributed by atoms with Gasteiger partial charge >= 0.3 is 12.2 Å². The van der Waals surface area contributed by atoms with Gasteiger partial charge in [-0.3, -0.25) is 9.59 Å². The van der Waals surface area contributed by atoms with E-state index < -0.39 is 24.3 Å². The lowest BCUT2D eigenvalue weighted by Gasteiger charge is -2.39. The van der Waals surface area contributed by atoms with Gasteiger partial charge in [0.2, 0.25) is 11.8 Å². The zero-order valence-electron chi connectivity index (χ0n) is 38.4. The zero-order chi connectivity index (χ0) is 45.8. The molecule has 3 fully saturated rings. The Morgan fingerprint density at radius 1 is 0.785 bits per heavy atom. The van der Waals surface area contributed by atoms with Crippen molar-refractivity contribution in [1.82, 2.24) is 40.4 Å². The molecule has 3 saturated heterocycles. The fourth-order valence-electron chi connectivity index (χ4n) is 10.9. The van der Waals surface area contributed by atoms with Crippen molar-refractivity contribution in [2.24, 2.45) is 11.8 Å². The number of aromatic amines is 2. The van der Waals surface area contributed by atoms with E-state index in [0.717, 1.165) is 81.2 Å². The molecular weight excluding hydrogens is 829 g/mol. The van der Waals surface area contributed by atoms with Crippen molar-refractivity contribution < 1.29 is 38.1 Å². The molecule has 4 N–H and O–H groups in total. The number of nitrogens with one attached hydrogen (secondary N) is 4. The van der Waals surface area contributed by atoms with E-state index in [0.29, 0.717) is 31.1 Å². The first-order chi connectivity index (χ1) is 31.2. The number of H-pyrrole nitrogens is 2. The number of carbonyl (C=O) groups excluding carboxylic acids is 4. The standard InChI is InChI=1S/C49H60N8O8/c1-24(2)41(54-48(60)62-7)46(58)57-26(4)10-16-39(57)45-51-36-14-12-29-20-35-33-13-11-30(19-32(33)23-64-40(35)21-34(29)43(36)53-45)37-22-50-44(52-37)38-15-9-25(3)56(38)47(59)42(55-49(61)63-8)31-17-27(5)65-28(6)18-31/h11-14,19-22,24-28,31,38-39,41-42H,9-10,15-18,23H2,1-8H3,(H,50,52)(H,51,53)(H,54,60)(H,55,61)/t25-,26-,27-,28+,31?,38-,39-,41-,42-/m0/s1. The Labute approximate surface area is 378 Å². The Bertz CT molecular complexity index is 2630. The lowest BCUT2D eigenvalue weighted by molar-refractivity contribution is -0.140. The molecule has 5 aromatic rings. The highest BCUT2D eigenvalue weighted by molar-refractivity contribution is 6.07. The van der Waals surface area contributed by atoms with Crippen LogP contribution < -0.4 is 15.4 Å². The maximum Gasteiger partial charge on any atom is 0.407 e. The zero-order valence-corrected chi connectivity index (χ0v) is 38.4. The third-order valence-electron chi connectivity index (χ3n) is 14.1. The van der Waals surface area contributed by atoms with Crippen LogP contribution in [0.15, 0.2) is 48.7 Å². The molecule has 16 heteroatoms. The predicted octanol–water partition coefficient (Wildman–Crippen LogP) is 8.08. The van der Waals surface area contributed by atoms with Crippen molar-refractivity contribution in [3.05, 3.63) is 65.9 Å². The number of aromatic nitrogens is 4. The average Bonchev–Trinajstić information content (AvgIpc) is 4.11. The summed E-state index contributed by atoms with van der Waals surface area (Å²) in [6.07, 6.45) is 4.93. The number of ether oxygens (including phenoxy) is 4. The molecular formula is C49H60N8O8. The third-order valence-corrected chi connectivity index (χ3v) is 14.1. The first-order valence-corrected chi connectivity index (χ1v) is 23.0. The van der Waals surface area contributed by atoms with Gasteiger partial charge in [0.25, 0.3) is 0 Å². The maximum atomic E-state index is 14.5. The quantitative estimate of drug-likeness (QED) is 0.112. The van der Waals surface area contributed by atoms with Gasteiger partial charge in [-0.15, -0.1) is 0 Å². The van der Waals surface area contributed by atoms with Gasteiger partial charge in [-0.1, -0.05) is 32.0 Å². The Morgan fingerprint density at radius 2 is 1.46 bits per heavy atom. The van der Waals surface area contributed by atoms with Gasteiger partial charge in [-0.2, -0.15) is 0 Å². The summed E-state index contributed by atoms with van der Waals surface area (Å²) in [7, 11) is 2.61. The largest absolute Gasteiger partial charge is 0.488 e. The van der Waals surface area contributed by atoms with Crippen LogP contribution in [-0.4, -0.2) is 104 Å². The smallest absolute Gasteiger partial charge is 0.407 e. The maximum absolute atomic E-state index is 14.5. The van der Waals surface area contributed by atoms with Gasteiger partial charge in [0, 0.05) is 23.0 Å². The number of imidazole rings is 2. The minimum atomic E-state index is -0.747. The van der Waals surface area contributed by atoms with E-state index in [1.807, 2.05) is 56.7 Å². The van der Waals surface area contributed by atoms with Crippen molar-refractivity contribution >= 4 is 45.8 Å². The van der Waals surface area contributed by atoms with Crippen LogP contribution in [0.25, 0.3) is 44.2 Å². The van der Waals surface area contributed by atoms with Crippen LogP contribution in [0.1, 0.15) is 109 Å². The van der Waals surface area contributed by atoms with Crippen LogP contribution in [0.5, 0.6) is 5.75 Å². The number of amides is 4. The minimum Gasteiger partial charge on any atom is -0.488 e. The Balaban J connectivity index is 0.959. The highest BCUT2D eigenvalue weighted by Crippen LogP contribution is 2.44. The van der Waals surface area contributed by atoms with Gasteiger partial charge < -0.3 is 49.3 Å². The number of methoxy groups -OCH3 is 2. The molecule has 0 spiro atoms. The molecule has 6 heterocycles. The molecule has 16 nitrogen and oxygen atoms in total. The fourth-order valence-corrected chi connectivity index (χ4v) is 10.9. The van der Waals surface area contributed by atoms with Crippen molar-refractivity contribution in [1.29, 1.82) is 0 Å². The highest BCUT2D eigenvalue weighted by Gasteiger charge is 2.45. The lowest BCUT2D eigenvalue weighted by Crippen LogP contribution is -2.55. The summed E-state index contributed by atoms with van der Waals surface area (Å²) in [6.45, 7) is 12.3. The molecule has 0 bridgehead atoms. The summed E-state index contributed by atoms with van der Waals surface area (Å²) in [5.74, 6) is 1.67. The third kappa shape index (κ3) is 8.25. The van der Waals surface area contributed by atoms with E-state index in [4.69, 9.17) is 28.9 Å². The Morgan fingerprint density at radius 3 is 2.15 bits per heavy atom. The summed E-state index contributed by atoms with van der Waals surface area (Å²) < 4.78 is 22.2. The molecule has 0 aliphatic carbocycles. The van der Waals surface area contributed by atoms with E-state index in [9.17, 15) is 19.2 Å². The molecule has 2 aromatic heterocycles. The molecule has 0 saturated carbocycles. The summed E-state index contributed by atoms with van der Waals surface area (Å²) in [5.41, 5.74) is 6.58. The number of rotatable bonds is 9. The second kappa shape index (κ2) is 17.7. The van der Waals surface area contributed by atoms with Gasteiger partial charge in [0.15, 0.2) is 0 Å². The van der Waals surface area contributed by atoms with Gasteiger partial charge in [0.05, 0.1) is 61.4 Å². The molecule has 4 amide bonds. The average molecular weight is 889 g/mol. The van der Waals surface area contributed by atoms with E-state index in [2.05, 4.69) is 63.9 Å². The SMILES string of the molecule is COC(=O)N[C@H](C(=O)N1[C@@H](C)CC[C@H]1c1nc2ccc3cc4c(cc3c2[nH]1)OCc1cc(-c2cnc([C@@H]3CC[C@H](C)N3C(=O)[C@@H](NC(=O)OC)C3C[C@@H](C)O[C@@H](C)C3)[nH]2)ccc1-4)C(C)C. The number of fused-ring (bicyclic) bond motifs is 6. The van der Waals surface area contributed by atoms with Crippen LogP contribution in [0.3, 0.4) is 0 Å². The molecule has 1 unspecified atom stereocenters. The van der Waals surface area contributed by atoms with Crippen LogP contribution in [0.4, 0.5) is 9.59 Å². The molecule has 4 aliphatic rings. The van der Waals surface area contributed by atoms with E-state index in [1.54, 1.807) is 0 Å². The fraction of sp³-hybridized carbons (Fsp3) is 0.510. The monoisotopic (exact) mass is 888 g/mol. The number of carbonyl (C=O) groups is 4. The number of likely N-dealkylation sites (tertiary alicyclic amines) is 2. The summed E-state index contributed by atoms with van der Waals surface area (Å²) in [4.78, 5) is 74.0. The molecule has 9 atom stereocenters. The Hall–Kier alpha value is -6.16. The second-order valence-corrected chi connectivity index (χ2v) is 18.8. The number of hydrogen-bond donors (Lipinski definition) is 4. The van der Waals surface area contributed by atoms with E-state index >= 15 is 0 Å². The van der Waals surface area contributed by atoms with Crippen molar-refractivity contribution in [2.45, 2.75) is 135 Å². The number of alkyl carbamates (subject to hydrolysis) is 2. The molecule has 344 valence electrons. The normalized spacial score (nSPS) is 24.9. The first-order valence-electron chi connectivity index (χ1n) is 23.0. The van der Waals surface area contributed by atoms with Crippen LogP contribution >= 0.6 is 0 Å². The molecule has 0 radical (unpaired) electrons. The Kier molecular flexibility index (Phi) is 12.0. The molecule has 4 aliphatic heterocycles. The second-order valence-electron chi connectivity index (χ2n) is 18.8. The van der Waals surface area contributed by atoms with Gasteiger partial charge in [-0.25, -0.2) is 19.6 Å². The van der Waals surface area contributed by atoms with Crippen molar-refractivity contribution in [3.8, 4) is 28.1 Å².